The molecule has 0 N–H and O–H groups in total. The van der Waals surface area contributed by atoms with Gasteiger partial charge in [0.2, 0.25) is 0 Å². The minimum absolute atomic E-state index is 0.138. The van der Waals surface area contributed by atoms with Gasteiger partial charge in [-0.05, 0) is 31.2 Å². The molecule has 0 aliphatic carbocycles. The van der Waals surface area contributed by atoms with E-state index in [4.69, 9.17) is 5.26 Å². The number of rotatable bonds is 6. The Kier molecular flexibility index (Phi) is 5.52. The second-order valence-electron chi connectivity index (χ2n) is 4.67. The molecule has 1 atom stereocenters. The van der Waals surface area contributed by atoms with E-state index in [1.165, 1.54) is 6.26 Å². The maximum atomic E-state index is 11.2. The molecule has 0 aromatic heterocycles. The summed E-state index contributed by atoms with van der Waals surface area (Å²) in [7, 11) is -2.94. The molecular formula is C14H20N2O2S. The van der Waals surface area contributed by atoms with Crippen molar-refractivity contribution in [2.45, 2.75) is 19.9 Å². The summed E-state index contributed by atoms with van der Waals surface area (Å²) in [4.78, 5) is 2.11. The third-order valence-electron chi connectivity index (χ3n) is 3.23. The van der Waals surface area contributed by atoms with Gasteiger partial charge in [0, 0.05) is 18.8 Å². The lowest BCUT2D eigenvalue weighted by molar-refractivity contribution is 0.235. The van der Waals surface area contributed by atoms with Gasteiger partial charge >= 0.3 is 0 Å². The van der Waals surface area contributed by atoms with Crippen molar-refractivity contribution < 1.29 is 8.42 Å². The molecule has 0 saturated heterocycles. The monoisotopic (exact) mass is 280 g/mol. The fourth-order valence-electron chi connectivity index (χ4n) is 1.96. The number of benzene rings is 1. The van der Waals surface area contributed by atoms with Crippen molar-refractivity contribution in [1.82, 2.24) is 4.90 Å². The van der Waals surface area contributed by atoms with Crippen molar-refractivity contribution in [3.8, 4) is 6.07 Å². The summed E-state index contributed by atoms with van der Waals surface area (Å²) in [6.45, 7) is 5.38. The van der Waals surface area contributed by atoms with Gasteiger partial charge in [0.1, 0.15) is 9.84 Å². The van der Waals surface area contributed by atoms with Crippen LogP contribution in [0.1, 0.15) is 31.0 Å². The van der Waals surface area contributed by atoms with E-state index < -0.39 is 9.84 Å². The van der Waals surface area contributed by atoms with Crippen LogP contribution in [-0.4, -0.2) is 38.4 Å². The molecule has 0 radical (unpaired) electrons. The highest BCUT2D eigenvalue weighted by Gasteiger charge is 2.15. The summed E-state index contributed by atoms with van der Waals surface area (Å²) in [6.07, 6.45) is 1.26. The van der Waals surface area contributed by atoms with Crippen LogP contribution in [-0.2, 0) is 9.84 Å². The number of sulfone groups is 1. The zero-order chi connectivity index (χ0) is 14.5. The molecule has 0 heterocycles. The molecule has 0 spiro atoms. The average molecular weight is 280 g/mol. The summed E-state index contributed by atoms with van der Waals surface area (Å²) in [5, 5.41) is 8.77. The quantitative estimate of drug-likeness (QED) is 0.799. The number of nitrogens with zero attached hydrogens (tertiary/aromatic N) is 2. The summed E-state index contributed by atoms with van der Waals surface area (Å²) in [5.41, 5.74) is 1.73. The van der Waals surface area contributed by atoms with Gasteiger partial charge < -0.3 is 0 Å². The van der Waals surface area contributed by atoms with Crippen molar-refractivity contribution in [1.29, 1.82) is 5.26 Å². The van der Waals surface area contributed by atoms with Gasteiger partial charge in [0.05, 0.1) is 17.4 Å². The molecule has 19 heavy (non-hydrogen) atoms. The molecule has 1 aromatic carbocycles. The molecule has 4 nitrogen and oxygen atoms in total. The Bertz CT molecular complexity index is 544. The minimum Gasteiger partial charge on any atom is -0.296 e. The van der Waals surface area contributed by atoms with E-state index in [0.717, 1.165) is 12.1 Å². The molecule has 0 unspecified atom stereocenters. The summed E-state index contributed by atoms with van der Waals surface area (Å²) in [6, 6.07) is 9.65. The standard InChI is InChI=1S/C14H20N2O2S/c1-4-16(9-10-19(3,17)18)12(2)14-7-5-13(11-15)6-8-14/h5-8,12H,4,9-10H2,1-3H3/t12-/m1/s1. The van der Waals surface area contributed by atoms with Crippen LogP contribution >= 0.6 is 0 Å². The lowest BCUT2D eigenvalue weighted by Crippen LogP contribution is -2.31. The van der Waals surface area contributed by atoms with Crippen LogP contribution in [0.3, 0.4) is 0 Å². The zero-order valence-electron chi connectivity index (χ0n) is 11.6. The Hall–Kier alpha value is -1.38. The van der Waals surface area contributed by atoms with Crippen molar-refractivity contribution in [2.24, 2.45) is 0 Å². The summed E-state index contributed by atoms with van der Waals surface area (Å²) >= 11 is 0. The van der Waals surface area contributed by atoms with Crippen LogP contribution in [0.25, 0.3) is 0 Å². The second kappa shape index (κ2) is 6.69. The highest BCUT2D eigenvalue weighted by molar-refractivity contribution is 7.90. The van der Waals surface area contributed by atoms with E-state index >= 15 is 0 Å². The van der Waals surface area contributed by atoms with Gasteiger partial charge in [-0.15, -0.1) is 0 Å². The van der Waals surface area contributed by atoms with Crippen molar-refractivity contribution in [3.63, 3.8) is 0 Å². The first kappa shape index (κ1) is 15.7. The fourth-order valence-corrected chi connectivity index (χ4v) is 2.52. The zero-order valence-corrected chi connectivity index (χ0v) is 12.4. The van der Waals surface area contributed by atoms with Gasteiger partial charge in [-0.25, -0.2) is 8.42 Å². The van der Waals surface area contributed by atoms with Gasteiger partial charge in [-0.3, -0.25) is 4.90 Å². The van der Waals surface area contributed by atoms with Crippen molar-refractivity contribution in [2.75, 3.05) is 25.1 Å². The molecule has 1 rings (SSSR count). The molecule has 1 aromatic rings. The van der Waals surface area contributed by atoms with E-state index in [0.29, 0.717) is 12.1 Å². The Morgan fingerprint density at radius 2 is 1.89 bits per heavy atom. The maximum Gasteiger partial charge on any atom is 0.148 e. The summed E-state index contributed by atoms with van der Waals surface area (Å²) < 4.78 is 22.5. The maximum absolute atomic E-state index is 11.2. The number of nitriles is 1. The third kappa shape index (κ3) is 5.01. The molecule has 0 saturated carbocycles. The van der Waals surface area contributed by atoms with E-state index in [9.17, 15) is 8.42 Å². The van der Waals surface area contributed by atoms with Gasteiger partial charge in [0.15, 0.2) is 0 Å². The molecule has 0 amide bonds. The Balaban J connectivity index is 2.77. The second-order valence-corrected chi connectivity index (χ2v) is 6.93. The van der Waals surface area contributed by atoms with Gasteiger partial charge in [-0.1, -0.05) is 19.1 Å². The Morgan fingerprint density at radius 3 is 2.32 bits per heavy atom. The minimum atomic E-state index is -2.94. The SMILES string of the molecule is CCN(CCS(C)(=O)=O)[C@H](C)c1ccc(C#N)cc1. The predicted molar refractivity (Wildman–Crippen MR) is 76.5 cm³/mol. The van der Waals surface area contributed by atoms with Gasteiger partial charge in [0.25, 0.3) is 0 Å². The number of hydrogen-bond donors (Lipinski definition) is 0. The lowest BCUT2D eigenvalue weighted by Gasteiger charge is -2.27. The molecular weight excluding hydrogens is 260 g/mol. The van der Waals surface area contributed by atoms with Gasteiger partial charge in [-0.2, -0.15) is 5.26 Å². The van der Waals surface area contributed by atoms with Crippen molar-refractivity contribution >= 4 is 9.84 Å². The van der Waals surface area contributed by atoms with Crippen LogP contribution in [0.4, 0.5) is 0 Å². The van der Waals surface area contributed by atoms with Crippen LogP contribution in [0.15, 0.2) is 24.3 Å². The van der Waals surface area contributed by atoms with Crippen LogP contribution in [0, 0.1) is 11.3 Å². The Labute approximate surface area is 115 Å². The molecule has 0 aliphatic heterocycles. The largest absolute Gasteiger partial charge is 0.296 e. The van der Waals surface area contributed by atoms with Crippen LogP contribution in [0.5, 0.6) is 0 Å². The van der Waals surface area contributed by atoms with E-state index in [-0.39, 0.29) is 11.8 Å². The molecule has 0 aliphatic rings. The first-order valence-corrected chi connectivity index (χ1v) is 8.35. The van der Waals surface area contributed by atoms with Crippen LogP contribution < -0.4 is 0 Å². The number of hydrogen-bond acceptors (Lipinski definition) is 4. The highest BCUT2D eigenvalue weighted by Crippen LogP contribution is 2.20. The normalized spacial score (nSPS) is 13.2. The molecule has 0 bridgehead atoms. The summed E-state index contributed by atoms with van der Waals surface area (Å²) in [5.74, 6) is 0.168. The fraction of sp³-hybridized carbons (Fsp3) is 0.500. The molecule has 0 fully saturated rings. The topological polar surface area (TPSA) is 61.2 Å². The van der Waals surface area contributed by atoms with Crippen molar-refractivity contribution in [3.05, 3.63) is 35.4 Å². The first-order valence-electron chi connectivity index (χ1n) is 6.29. The van der Waals surface area contributed by atoms with Crippen LogP contribution in [0.2, 0.25) is 0 Å². The predicted octanol–water partition coefficient (Wildman–Crippen LogP) is 1.99. The highest BCUT2D eigenvalue weighted by atomic mass is 32.2. The lowest BCUT2D eigenvalue weighted by atomic mass is 10.1. The van der Waals surface area contributed by atoms with E-state index in [1.807, 2.05) is 26.0 Å². The Morgan fingerprint density at radius 1 is 1.32 bits per heavy atom. The van der Waals surface area contributed by atoms with E-state index in [2.05, 4.69) is 11.0 Å². The molecule has 5 heteroatoms. The first-order chi connectivity index (χ1) is 8.87. The third-order valence-corrected chi connectivity index (χ3v) is 4.15. The van der Waals surface area contributed by atoms with E-state index in [1.54, 1.807) is 12.1 Å². The molecule has 104 valence electrons. The smallest absolute Gasteiger partial charge is 0.148 e. The average Bonchev–Trinajstić information content (AvgIpc) is 2.38.